The molecule has 1 aromatic rings. The molecule has 0 fully saturated rings. The molecule has 0 aliphatic rings. The van der Waals surface area contributed by atoms with Crippen LogP contribution < -0.4 is 11.2 Å². The SMILES string of the molecule is Nc1cccc(NOCCO)c1. The van der Waals surface area contributed by atoms with Gasteiger partial charge in [-0.25, -0.2) is 0 Å². The first-order valence-electron chi connectivity index (χ1n) is 3.67. The Hall–Kier alpha value is -1.26. The second-order valence-corrected chi connectivity index (χ2v) is 2.30. The molecule has 0 unspecified atom stereocenters. The Bertz CT molecular complexity index is 240. The van der Waals surface area contributed by atoms with Gasteiger partial charge in [0, 0.05) is 5.69 Å². The van der Waals surface area contributed by atoms with E-state index < -0.39 is 0 Å². The predicted octanol–water partition coefficient (Wildman–Crippen LogP) is 0.605. The van der Waals surface area contributed by atoms with Gasteiger partial charge >= 0.3 is 0 Å². The van der Waals surface area contributed by atoms with Gasteiger partial charge in [0.2, 0.25) is 0 Å². The molecule has 1 rings (SSSR count). The lowest BCUT2D eigenvalue weighted by Gasteiger charge is -2.05. The van der Waals surface area contributed by atoms with Crippen LogP contribution in [-0.2, 0) is 4.84 Å². The number of nitrogen functional groups attached to an aromatic ring is 1. The number of rotatable bonds is 4. The fraction of sp³-hybridized carbons (Fsp3) is 0.250. The minimum Gasteiger partial charge on any atom is -0.399 e. The van der Waals surface area contributed by atoms with Gasteiger partial charge in [-0.05, 0) is 18.2 Å². The van der Waals surface area contributed by atoms with Gasteiger partial charge in [-0.15, -0.1) is 0 Å². The molecule has 12 heavy (non-hydrogen) atoms. The largest absolute Gasteiger partial charge is 0.399 e. The van der Waals surface area contributed by atoms with Crippen LogP contribution in [0.25, 0.3) is 0 Å². The number of anilines is 2. The summed E-state index contributed by atoms with van der Waals surface area (Å²) in [5, 5.41) is 8.41. The molecule has 0 saturated carbocycles. The molecular weight excluding hydrogens is 156 g/mol. The van der Waals surface area contributed by atoms with E-state index in [4.69, 9.17) is 15.7 Å². The maximum atomic E-state index is 8.41. The van der Waals surface area contributed by atoms with Crippen LogP contribution in [0.5, 0.6) is 0 Å². The van der Waals surface area contributed by atoms with Crippen molar-refractivity contribution in [2.75, 3.05) is 24.4 Å². The van der Waals surface area contributed by atoms with Gasteiger partial charge in [0.25, 0.3) is 0 Å². The van der Waals surface area contributed by atoms with Crippen LogP contribution in [0.2, 0.25) is 0 Å². The van der Waals surface area contributed by atoms with Gasteiger partial charge in [0.1, 0.15) is 0 Å². The summed E-state index contributed by atoms with van der Waals surface area (Å²) in [4.78, 5) is 4.87. The van der Waals surface area contributed by atoms with E-state index in [9.17, 15) is 0 Å². The monoisotopic (exact) mass is 168 g/mol. The van der Waals surface area contributed by atoms with Crippen molar-refractivity contribution in [2.24, 2.45) is 0 Å². The minimum absolute atomic E-state index is 0.00465. The molecule has 0 spiro atoms. The standard InChI is InChI=1S/C8H12N2O2/c9-7-2-1-3-8(6-7)10-12-5-4-11/h1-3,6,10-11H,4-5,9H2. The van der Waals surface area contributed by atoms with Crippen molar-refractivity contribution in [2.45, 2.75) is 0 Å². The highest BCUT2D eigenvalue weighted by Crippen LogP contribution is 2.11. The van der Waals surface area contributed by atoms with Crippen LogP contribution in [0.3, 0.4) is 0 Å². The Morgan fingerprint density at radius 1 is 1.50 bits per heavy atom. The Balaban J connectivity index is 2.41. The summed E-state index contributed by atoms with van der Waals surface area (Å²) in [6.45, 7) is 0.254. The number of aliphatic hydroxyl groups is 1. The lowest BCUT2D eigenvalue weighted by molar-refractivity contribution is 0.133. The summed E-state index contributed by atoms with van der Waals surface area (Å²) < 4.78 is 0. The zero-order chi connectivity index (χ0) is 8.81. The average molecular weight is 168 g/mol. The molecule has 0 amide bonds. The summed E-state index contributed by atoms with van der Waals surface area (Å²) in [7, 11) is 0. The van der Waals surface area contributed by atoms with Gasteiger partial charge in [-0.1, -0.05) is 6.07 Å². The third-order valence-corrected chi connectivity index (χ3v) is 1.27. The number of hydrogen-bond acceptors (Lipinski definition) is 4. The third-order valence-electron chi connectivity index (χ3n) is 1.27. The van der Waals surface area contributed by atoms with E-state index in [-0.39, 0.29) is 13.2 Å². The maximum Gasteiger partial charge on any atom is 0.0976 e. The summed E-state index contributed by atoms with van der Waals surface area (Å²) in [5.41, 5.74) is 9.62. The molecule has 0 saturated heterocycles. The fourth-order valence-electron chi connectivity index (χ4n) is 0.782. The summed E-state index contributed by atoms with van der Waals surface area (Å²) in [5.74, 6) is 0. The zero-order valence-electron chi connectivity index (χ0n) is 6.66. The molecule has 0 atom stereocenters. The molecule has 1 aromatic carbocycles. The zero-order valence-corrected chi connectivity index (χ0v) is 6.66. The van der Waals surface area contributed by atoms with E-state index in [1.54, 1.807) is 12.1 Å². The van der Waals surface area contributed by atoms with E-state index in [1.165, 1.54) is 0 Å². The van der Waals surface area contributed by atoms with Crippen molar-refractivity contribution in [1.82, 2.24) is 0 Å². The highest BCUT2D eigenvalue weighted by atomic mass is 16.6. The number of nitrogens with one attached hydrogen (secondary N) is 1. The molecule has 4 heteroatoms. The average Bonchev–Trinajstić information content (AvgIpc) is 2.05. The van der Waals surface area contributed by atoms with Crippen LogP contribution in [-0.4, -0.2) is 18.3 Å². The van der Waals surface area contributed by atoms with E-state index in [0.29, 0.717) is 5.69 Å². The Morgan fingerprint density at radius 3 is 3.00 bits per heavy atom. The first-order valence-corrected chi connectivity index (χ1v) is 3.67. The normalized spacial score (nSPS) is 9.75. The van der Waals surface area contributed by atoms with Crippen LogP contribution in [0.1, 0.15) is 0 Å². The summed E-state index contributed by atoms with van der Waals surface area (Å²) in [6, 6.07) is 7.18. The van der Waals surface area contributed by atoms with Crippen molar-refractivity contribution in [1.29, 1.82) is 0 Å². The number of aliphatic hydroxyl groups excluding tert-OH is 1. The van der Waals surface area contributed by atoms with Crippen molar-refractivity contribution in [3.05, 3.63) is 24.3 Å². The third kappa shape index (κ3) is 2.77. The lowest BCUT2D eigenvalue weighted by atomic mass is 10.3. The Kier molecular flexibility index (Phi) is 3.37. The maximum absolute atomic E-state index is 8.41. The molecule has 0 aliphatic heterocycles. The Morgan fingerprint density at radius 2 is 2.33 bits per heavy atom. The van der Waals surface area contributed by atoms with Crippen molar-refractivity contribution in [3.8, 4) is 0 Å². The molecule has 0 bridgehead atoms. The van der Waals surface area contributed by atoms with Crippen LogP contribution in [0.15, 0.2) is 24.3 Å². The van der Waals surface area contributed by atoms with Crippen molar-refractivity contribution in [3.63, 3.8) is 0 Å². The number of benzene rings is 1. The van der Waals surface area contributed by atoms with Gasteiger partial charge in [0.15, 0.2) is 0 Å². The molecule has 0 heterocycles. The van der Waals surface area contributed by atoms with Crippen LogP contribution in [0, 0.1) is 0 Å². The highest BCUT2D eigenvalue weighted by molar-refractivity contribution is 5.52. The second-order valence-electron chi connectivity index (χ2n) is 2.30. The molecule has 0 radical (unpaired) electrons. The van der Waals surface area contributed by atoms with Crippen LogP contribution >= 0.6 is 0 Å². The second kappa shape index (κ2) is 4.58. The molecule has 4 nitrogen and oxygen atoms in total. The van der Waals surface area contributed by atoms with Gasteiger partial charge < -0.3 is 10.8 Å². The lowest BCUT2D eigenvalue weighted by Crippen LogP contribution is -2.05. The first-order chi connectivity index (χ1) is 5.83. The topological polar surface area (TPSA) is 67.5 Å². The quantitative estimate of drug-likeness (QED) is 0.350. The molecule has 0 aromatic heterocycles. The van der Waals surface area contributed by atoms with Crippen LogP contribution in [0.4, 0.5) is 11.4 Å². The van der Waals surface area contributed by atoms with Crippen molar-refractivity contribution < 1.29 is 9.94 Å². The smallest absolute Gasteiger partial charge is 0.0976 e. The van der Waals surface area contributed by atoms with Gasteiger partial charge in [0.05, 0.1) is 18.9 Å². The molecule has 66 valence electrons. The first kappa shape index (κ1) is 8.83. The highest BCUT2D eigenvalue weighted by Gasteiger charge is 1.90. The van der Waals surface area contributed by atoms with E-state index in [2.05, 4.69) is 5.48 Å². The van der Waals surface area contributed by atoms with E-state index in [1.807, 2.05) is 12.1 Å². The summed E-state index contributed by atoms with van der Waals surface area (Å²) in [6.07, 6.45) is 0. The van der Waals surface area contributed by atoms with Gasteiger partial charge in [-0.3, -0.25) is 10.3 Å². The molecular formula is C8H12N2O2. The number of hydrogen-bond donors (Lipinski definition) is 3. The van der Waals surface area contributed by atoms with Crippen molar-refractivity contribution >= 4 is 11.4 Å². The fourth-order valence-corrected chi connectivity index (χ4v) is 0.782. The minimum atomic E-state index is -0.00465. The summed E-state index contributed by atoms with van der Waals surface area (Å²) >= 11 is 0. The Labute approximate surface area is 70.9 Å². The van der Waals surface area contributed by atoms with Gasteiger partial charge in [-0.2, -0.15) is 0 Å². The van der Waals surface area contributed by atoms with E-state index in [0.717, 1.165) is 5.69 Å². The number of nitrogens with two attached hydrogens (primary N) is 1. The van der Waals surface area contributed by atoms with E-state index >= 15 is 0 Å². The predicted molar refractivity (Wildman–Crippen MR) is 47.5 cm³/mol. The molecule has 0 aliphatic carbocycles. The molecule has 4 N–H and O–H groups in total.